The fourth-order valence-corrected chi connectivity index (χ4v) is 1.04. The summed E-state index contributed by atoms with van der Waals surface area (Å²) >= 11 is 0. The molecule has 12 heteroatoms. The van der Waals surface area contributed by atoms with Crippen LogP contribution in [0, 0.1) is 0 Å². The first-order valence-electron chi connectivity index (χ1n) is 4.08. The van der Waals surface area contributed by atoms with E-state index in [2.05, 4.69) is 4.99 Å². The number of hydrogen-bond acceptors (Lipinski definition) is 9. The van der Waals surface area contributed by atoms with Crippen LogP contribution in [0.2, 0.25) is 0 Å². The first-order chi connectivity index (χ1) is 7.19. The molecular weight excluding hydrogens is 291 g/mol. The summed E-state index contributed by atoms with van der Waals surface area (Å²) in [7, 11) is -4.76. The third-order valence-corrected chi connectivity index (χ3v) is 2.06. The van der Waals surface area contributed by atoms with Gasteiger partial charge in [0, 0.05) is 0 Å². The van der Waals surface area contributed by atoms with Gasteiger partial charge in [-0.3, -0.25) is 9.89 Å². The van der Waals surface area contributed by atoms with Gasteiger partial charge in [-0.1, -0.05) is 0 Å². The van der Waals surface area contributed by atoms with Crippen LogP contribution >= 0.6 is 7.94 Å². The predicted octanol–water partition coefficient (Wildman–Crippen LogP) is -11.7. The molecule has 0 radical (unpaired) electrons. The van der Waals surface area contributed by atoms with Crippen LogP contribution in [0.25, 0.3) is 0 Å². The third kappa shape index (κ3) is 10.4. The Kier molecular flexibility index (Phi) is 15.5. The molecule has 0 fully saturated rings. The van der Waals surface area contributed by atoms with Gasteiger partial charge in [0.2, 0.25) is 0 Å². The van der Waals surface area contributed by atoms with Gasteiger partial charge >= 0.3 is 59.1 Å². The zero-order valence-corrected chi connectivity index (χ0v) is 14.9. The standard InChI is InChI=1S/C6H14NO8P.2Na/c8-1-3(9)4(10)5(11)6(12)7-2-16(13,14)15;;/h3-5,8-11H,1-2H2,(H,7,12)(H2,13,14,15);;/q;2*+1/p-2/t3-,4-,5+;;/m1../s1. The van der Waals surface area contributed by atoms with E-state index in [1.165, 1.54) is 0 Å². The van der Waals surface area contributed by atoms with E-state index < -0.39 is 45.0 Å². The molecule has 0 aliphatic carbocycles. The van der Waals surface area contributed by atoms with Crippen LogP contribution in [0.5, 0.6) is 0 Å². The van der Waals surface area contributed by atoms with E-state index in [0.29, 0.717) is 0 Å². The predicted molar refractivity (Wildman–Crippen MR) is 46.5 cm³/mol. The Bertz CT molecular complexity index is 250. The number of aliphatic hydroxyl groups is 4. The second-order valence-corrected chi connectivity index (χ2v) is 4.52. The Hall–Kier alpha value is 1.62. The minimum absolute atomic E-state index is 0. The second-order valence-electron chi connectivity index (χ2n) is 2.96. The molecule has 0 aliphatic heterocycles. The Morgan fingerprint density at radius 1 is 1.17 bits per heavy atom. The van der Waals surface area contributed by atoms with Crippen molar-refractivity contribution in [2.45, 2.75) is 18.3 Å². The molecule has 0 amide bonds. The van der Waals surface area contributed by atoms with Gasteiger partial charge in [-0.2, -0.15) is 0 Å². The fraction of sp³-hybridized carbons (Fsp3) is 0.833. The van der Waals surface area contributed by atoms with E-state index in [9.17, 15) is 14.9 Å². The van der Waals surface area contributed by atoms with E-state index in [-0.39, 0.29) is 59.1 Å². The summed E-state index contributed by atoms with van der Waals surface area (Å²) in [5.74, 6) is -1.43. The molecule has 0 unspecified atom stereocenters. The maximum atomic E-state index is 10.9. The maximum absolute atomic E-state index is 10.9. The van der Waals surface area contributed by atoms with Crippen molar-refractivity contribution in [3.05, 3.63) is 0 Å². The topological polar surface area (TPSA) is 183 Å². The first kappa shape index (κ1) is 24.6. The summed E-state index contributed by atoms with van der Waals surface area (Å²) in [5.41, 5.74) is 0. The number of hydrogen-bond donors (Lipinski definition) is 5. The summed E-state index contributed by atoms with van der Waals surface area (Å²) in [6, 6.07) is 0. The van der Waals surface area contributed by atoms with Crippen LogP contribution in [0.4, 0.5) is 0 Å². The Morgan fingerprint density at radius 3 is 1.94 bits per heavy atom. The molecule has 96 valence electrons. The van der Waals surface area contributed by atoms with Gasteiger partial charge in [0.15, 0.2) is 6.29 Å². The minimum atomic E-state index is -4.76. The molecule has 0 aliphatic rings. The molecule has 0 spiro atoms. The zero-order valence-electron chi connectivity index (χ0n) is 10.0. The van der Waals surface area contributed by atoms with Crippen LogP contribution in [0.1, 0.15) is 0 Å². The molecule has 18 heavy (non-hydrogen) atoms. The molecule has 0 bridgehead atoms. The van der Waals surface area contributed by atoms with Crippen molar-refractivity contribution in [1.29, 1.82) is 0 Å². The van der Waals surface area contributed by atoms with E-state index in [4.69, 9.17) is 25.3 Å². The third-order valence-electron chi connectivity index (χ3n) is 1.56. The molecule has 0 aromatic carbocycles. The molecule has 0 saturated carbocycles. The number of aliphatic imine (C=N–C) groups is 1. The SMILES string of the molecule is [Na+].[Na+].[O-]C(=NC[P+]([O-])([O-])O)[C@@H](O)[C@H](O)[C@H](O)CO. The van der Waals surface area contributed by atoms with Crippen LogP contribution in [0.15, 0.2) is 4.99 Å². The van der Waals surface area contributed by atoms with Crippen molar-refractivity contribution in [1.82, 2.24) is 0 Å². The van der Waals surface area contributed by atoms with Crippen molar-refractivity contribution >= 4 is 13.8 Å². The molecule has 0 aromatic rings. The van der Waals surface area contributed by atoms with Gasteiger partial charge in [-0.25, -0.2) is 0 Å². The molecule has 3 atom stereocenters. The Morgan fingerprint density at radius 2 is 1.61 bits per heavy atom. The summed E-state index contributed by atoms with van der Waals surface area (Å²) in [5, 5.41) is 46.2. The molecule has 0 saturated heterocycles. The molecule has 0 aromatic heterocycles. The Balaban J connectivity index is -0.00000112. The van der Waals surface area contributed by atoms with Gasteiger partial charge in [0.25, 0.3) is 0 Å². The van der Waals surface area contributed by atoms with Crippen molar-refractivity contribution < 1.29 is 99.3 Å². The summed E-state index contributed by atoms with van der Waals surface area (Å²) in [6.45, 7) is -0.897. The van der Waals surface area contributed by atoms with Crippen LogP contribution < -0.4 is 74.0 Å². The van der Waals surface area contributed by atoms with E-state index in [1.807, 2.05) is 0 Å². The monoisotopic (exact) mass is 303 g/mol. The van der Waals surface area contributed by atoms with Gasteiger partial charge in [0.1, 0.15) is 18.3 Å². The summed E-state index contributed by atoms with van der Waals surface area (Å²) in [4.78, 5) is 31.5. The zero-order chi connectivity index (χ0) is 12.9. The molecule has 5 N–H and O–H groups in total. The van der Waals surface area contributed by atoms with Crippen LogP contribution in [-0.4, -0.2) is 62.4 Å². The van der Waals surface area contributed by atoms with Crippen molar-refractivity contribution in [3.8, 4) is 0 Å². The van der Waals surface area contributed by atoms with Gasteiger partial charge in [-0.15, -0.1) is 0 Å². The largest absolute Gasteiger partial charge is 1.00 e. The average molecular weight is 303 g/mol. The first-order valence-corrected chi connectivity index (χ1v) is 5.84. The number of nitrogens with zero attached hydrogens (tertiary/aromatic N) is 1. The average Bonchev–Trinajstić information content (AvgIpc) is 2.21. The van der Waals surface area contributed by atoms with Crippen LogP contribution in [-0.2, 0) is 0 Å². The van der Waals surface area contributed by atoms with Gasteiger partial charge in [-0.05, 0) is 5.90 Å². The Labute approximate surface area is 148 Å². The second kappa shape index (κ2) is 11.3. The van der Waals surface area contributed by atoms with E-state index in [1.54, 1.807) is 0 Å². The molecule has 0 heterocycles. The summed E-state index contributed by atoms with van der Waals surface area (Å²) < 4.78 is 0. The van der Waals surface area contributed by atoms with Crippen molar-refractivity contribution in [2.24, 2.45) is 4.99 Å². The summed E-state index contributed by atoms with van der Waals surface area (Å²) in [6.07, 6.45) is -7.16. The fourth-order valence-electron chi connectivity index (χ4n) is 0.717. The quantitative estimate of drug-likeness (QED) is 0.139. The van der Waals surface area contributed by atoms with Gasteiger partial charge < -0.3 is 35.3 Å². The van der Waals surface area contributed by atoms with Gasteiger partial charge in [0.05, 0.1) is 14.6 Å². The smallest absolute Gasteiger partial charge is 0.860 e. The normalized spacial score (nSPS) is 17.2. The minimum Gasteiger partial charge on any atom is -0.860 e. The van der Waals surface area contributed by atoms with Crippen molar-refractivity contribution in [3.63, 3.8) is 0 Å². The molecule has 0 rings (SSSR count). The maximum Gasteiger partial charge on any atom is 1.00 e. The number of rotatable bonds is 6. The van der Waals surface area contributed by atoms with E-state index >= 15 is 0 Å². The number of aliphatic hydroxyl groups excluding tert-OH is 4. The van der Waals surface area contributed by atoms with Crippen LogP contribution in [0.3, 0.4) is 0 Å². The van der Waals surface area contributed by atoms with E-state index in [0.717, 1.165) is 0 Å². The van der Waals surface area contributed by atoms with Crippen molar-refractivity contribution in [2.75, 3.05) is 12.9 Å². The molecular formula is C6H12NNa2O8P. The molecule has 9 nitrogen and oxygen atoms in total.